The van der Waals surface area contributed by atoms with Crippen molar-refractivity contribution in [2.24, 2.45) is 0 Å². The standard InChI is InChI=1S/C24H48O6P2/c1-5-9-21-27-31(25,7-3)29-23-19-17-15-13-11-12-14-16-18-20-24-30-32(26,8-4)28-22-10-6-2/h7-8H,3-6,9-24H2,1-2H3. The van der Waals surface area contributed by atoms with Crippen molar-refractivity contribution in [3.05, 3.63) is 24.8 Å². The second-order valence-corrected chi connectivity index (χ2v) is 11.9. The van der Waals surface area contributed by atoms with Gasteiger partial charge in [0.15, 0.2) is 0 Å². The first kappa shape index (κ1) is 31.8. The third kappa shape index (κ3) is 18.2. The Hall–Kier alpha value is -0.220. The van der Waals surface area contributed by atoms with E-state index in [0.717, 1.165) is 51.4 Å². The average Bonchev–Trinajstić information content (AvgIpc) is 2.79. The highest BCUT2D eigenvalue weighted by atomic mass is 31.2. The second-order valence-electron chi connectivity index (χ2n) is 8.02. The van der Waals surface area contributed by atoms with Gasteiger partial charge in [0.2, 0.25) is 0 Å². The molecule has 0 radical (unpaired) electrons. The fraction of sp³-hybridized carbons (Fsp3) is 0.833. The molecule has 2 atom stereocenters. The molecule has 0 aliphatic rings. The van der Waals surface area contributed by atoms with E-state index >= 15 is 0 Å². The van der Waals surface area contributed by atoms with E-state index in [9.17, 15) is 9.13 Å². The molecule has 8 heteroatoms. The largest absolute Gasteiger partial charge is 0.353 e. The van der Waals surface area contributed by atoms with E-state index in [-0.39, 0.29) is 0 Å². The number of hydrogen-bond donors (Lipinski definition) is 0. The first-order valence-electron chi connectivity index (χ1n) is 12.5. The lowest BCUT2D eigenvalue weighted by atomic mass is 10.1. The van der Waals surface area contributed by atoms with Crippen molar-refractivity contribution in [1.29, 1.82) is 0 Å². The second kappa shape index (κ2) is 21.3. The maximum Gasteiger partial charge on any atom is 0.353 e. The van der Waals surface area contributed by atoms with Crippen LogP contribution >= 0.6 is 15.2 Å². The smallest absolute Gasteiger partial charge is 0.306 e. The van der Waals surface area contributed by atoms with Gasteiger partial charge >= 0.3 is 15.2 Å². The Bertz CT molecular complexity index is 505. The third-order valence-corrected chi connectivity index (χ3v) is 8.13. The summed E-state index contributed by atoms with van der Waals surface area (Å²) in [5, 5.41) is 0. The molecule has 0 aliphatic heterocycles. The molecule has 190 valence electrons. The van der Waals surface area contributed by atoms with Crippen molar-refractivity contribution in [3.8, 4) is 0 Å². The zero-order valence-corrected chi connectivity index (χ0v) is 22.4. The summed E-state index contributed by atoms with van der Waals surface area (Å²) in [5.41, 5.74) is 0. The van der Waals surface area contributed by atoms with Gasteiger partial charge < -0.3 is 18.1 Å². The van der Waals surface area contributed by atoms with Crippen molar-refractivity contribution in [1.82, 2.24) is 0 Å². The van der Waals surface area contributed by atoms with Crippen molar-refractivity contribution in [3.63, 3.8) is 0 Å². The van der Waals surface area contributed by atoms with Crippen LogP contribution in [0.4, 0.5) is 0 Å². The summed E-state index contributed by atoms with van der Waals surface area (Å²) in [6.45, 7) is 13.1. The van der Waals surface area contributed by atoms with E-state index in [0.29, 0.717) is 26.4 Å². The van der Waals surface area contributed by atoms with Gasteiger partial charge in [-0.15, -0.1) is 0 Å². The van der Waals surface area contributed by atoms with Crippen LogP contribution in [0.15, 0.2) is 24.8 Å². The normalized spacial score (nSPS) is 15.2. The van der Waals surface area contributed by atoms with Crippen LogP contribution in [0.25, 0.3) is 0 Å². The molecule has 0 spiro atoms. The van der Waals surface area contributed by atoms with Crippen LogP contribution in [0.1, 0.15) is 104 Å². The average molecular weight is 495 g/mol. The Kier molecular flexibility index (Phi) is 21.2. The van der Waals surface area contributed by atoms with Crippen LogP contribution in [-0.2, 0) is 27.2 Å². The quantitative estimate of drug-likeness (QED) is 0.0930. The summed E-state index contributed by atoms with van der Waals surface area (Å²) in [7, 11) is -6.21. The van der Waals surface area contributed by atoms with Gasteiger partial charge in [-0.05, 0) is 25.7 Å². The molecular formula is C24H48O6P2. The topological polar surface area (TPSA) is 71.1 Å². The summed E-state index contributed by atoms with van der Waals surface area (Å²) in [4.78, 5) is 0. The lowest BCUT2D eigenvalue weighted by molar-refractivity contribution is 0.205. The molecule has 0 amide bonds. The third-order valence-electron chi connectivity index (χ3n) is 5.07. The Morgan fingerprint density at radius 1 is 0.500 bits per heavy atom. The van der Waals surface area contributed by atoms with Gasteiger partial charge in [-0.25, -0.2) is 0 Å². The summed E-state index contributed by atoms with van der Waals surface area (Å²) in [6.07, 6.45) is 14.9. The van der Waals surface area contributed by atoms with Crippen molar-refractivity contribution >= 4 is 15.2 Å². The van der Waals surface area contributed by atoms with E-state index in [1.807, 2.05) is 0 Å². The van der Waals surface area contributed by atoms with E-state index in [1.54, 1.807) is 0 Å². The van der Waals surface area contributed by atoms with Crippen molar-refractivity contribution in [2.45, 2.75) is 104 Å². The molecular weight excluding hydrogens is 446 g/mol. The molecule has 0 saturated carbocycles. The summed E-state index contributed by atoms with van der Waals surface area (Å²) < 4.78 is 46.2. The Morgan fingerprint density at radius 3 is 1.00 bits per heavy atom. The Morgan fingerprint density at radius 2 is 0.750 bits per heavy atom. The molecule has 0 saturated heterocycles. The van der Waals surface area contributed by atoms with E-state index in [1.165, 1.54) is 50.2 Å². The molecule has 0 N–H and O–H groups in total. The monoisotopic (exact) mass is 494 g/mol. The molecule has 0 aromatic rings. The molecule has 2 unspecified atom stereocenters. The zero-order valence-electron chi connectivity index (χ0n) is 20.6. The SMILES string of the molecule is C=CP(=O)(OCCCC)OCCCCCCCCCCCCOP(=O)(C=C)OCCCC. The minimum Gasteiger partial charge on any atom is -0.306 e. The van der Waals surface area contributed by atoms with Gasteiger partial charge in [0, 0.05) is 11.6 Å². The van der Waals surface area contributed by atoms with Gasteiger partial charge in [0.1, 0.15) is 0 Å². The van der Waals surface area contributed by atoms with Crippen LogP contribution in [0.2, 0.25) is 0 Å². The van der Waals surface area contributed by atoms with E-state index in [4.69, 9.17) is 18.1 Å². The molecule has 0 aliphatic carbocycles. The van der Waals surface area contributed by atoms with E-state index < -0.39 is 15.2 Å². The minimum absolute atomic E-state index is 0.454. The van der Waals surface area contributed by atoms with Crippen molar-refractivity contribution < 1.29 is 27.2 Å². The van der Waals surface area contributed by atoms with Crippen LogP contribution in [0.5, 0.6) is 0 Å². The highest BCUT2D eigenvalue weighted by Gasteiger charge is 2.19. The fourth-order valence-corrected chi connectivity index (χ4v) is 5.06. The fourth-order valence-electron chi connectivity index (χ4n) is 2.96. The molecule has 0 heterocycles. The number of hydrogen-bond acceptors (Lipinski definition) is 6. The first-order chi connectivity index (χ1) is 15.4. The zero-order chi connectivity index (χ0) is 24.0. The van der Waals surface area contributed by atoms with Gasteiger partial charge in [-0.1, -0.05) is 91.2 Å². The minimum atomic E-state index is -3.10. The van der Waals surface area contributed by atoms with E-state index in [2.05, 4.69) is 27.0 Å². The molecule has 32 heavy (non-hydrogen) atoms. The maximum atomic E-state index is 12.3. The molecule has 0 aromatic heterocycles. The summed E-state index contributed by atoms with van der Waals surface area (Å²) >= 11 is 0. The summed E-state index contributed by atoms with van der Waals surface area (Å²) in [5.74, 6) is 2.63. The van der Waals surface area contributed by atoms with Crippen LogP contribution in [-0.4, -0.2) is 26.4 Å². The van der Waals surface area contributed by atoms with Crippen LogP contribution in [0.3, 0.4) is 0 Å². The number of rotatable bonds is 25. The van der Waals surface area contributed by atoms with Crippen LogP contribution < -0.4 is 0 Å². The molecule has 0 aromatic carbocycles. The molecule has 0 rings (SSSR count). The van der Waals surface area contributed by atoms with Gasteiger partial charge in [0.05, 0.1) is 26.4 Å². The van der Waals surface area contributed by atoms with Gasteiger partial charge in [-0.2, -0.15) is 0 Å². The molecule has 6 nitrogen and oxygen atoms in total. The predicted molar refractivity (Wildman–Crippen MR) is 135 cm³/mol. The highest BCUT2D eigenvalue weighted by molar-refractivity contribution is 7.57. The number of unbranched alkanes of at least 4 members (excludes halogenated alkanes) is 11. The molecule has 0 fully saturated rings. The van der Waals surface area contributed by atoms with Gasteiger partial charge in [0.25, 0.3) is 0 Å². The summed E-state index contributed by atoms with van der Waals surface area (Å²) in [6, 6.07) is 0. The lowest BCUT2D eigenvalue weighted by Crippen LogP contribution is -1.97. The maximum absolute atomic E-state index is 12.3. The molecule has 0 bridgehead atoms. The highest BCUT2D eigenvalue weighted by Crippen LogP contribution is 2.50. The van der Waals surface area contributed by atoms with Gasteiger partial charge in [-0.3, -0.25) is 9.13 Å². The Balaban J connectivity index is 3.52. The first-order valence-corrected chi connectivity index (χ1v) is 15.7. The van der Waals surface area contributed by atoms with Crippen molar-refractivity contribution in [2.75, 3.05) is 26.4 Å². The predicted octanol–water partition coefficient (Wildman–Crippen LogP) is 9.23. The Labute approximate surface area is 197 Å². The lowest BCUT2D eigenvalue weighted by Gasteiger charge is -2.14. The van der Waals surface area contributed by atoms with Crippen LogP contribution in [0, 0.1) is 0 Å².